The number of hydrogen-bond acceptors (Lipinski definition) is 10. The Bertz CT molecular complexity index is 1910. The van der Waals surface area contributed by atoms with Gasteiger partial charge in [-0.15, -0.1) is 0 Å². The van der Waals surface area contributed by atoms with Gasteiger partial charge in [-0.25, -0.2) is 19.2 Å². The molecule has 0 spiro atoms. The van der Waals surface area contributed by atoms with Crippen molar-refractivity contribution in [3.05, 3.63) is 144 Å². The molecule has 0 aliphatic carbocycles. The van der Waals surface area contributed by atoms with Crippen LogP contribution in [-0.4, -0.2) is 73.2 Å². The van der Waals surface area contributed by atoms with Gasteiger partial charge in [0.25, 0.3) is 11.8 Å². The monoisotopic (exact) mass is 980 g/mol. The van der Waals surface area contributed by atoms with Crippen molar-refractivity contribution in [2.45, 2.75) is 115 Å². The highest BCUT2D eigenvalue weighted by Gasteiger charge is 2.28. The summed E-state index contributed by atoms with van der Waals surface area (Å²) in [6.45, 7) is 1.05. The smallest absolute Gasteiger partial charge is 0.407 e. The fourth-order valence-electron chi connectivity index (χ4n) is 6.66. The molecule has 0 heterocycles. The molecule has 4 rings (SSSR count). The van der Waals surface area contributed by atoms with E-state index in [1.807, 2.05) is 121 Å². The Labute approximate surface area is 411 Å². The fraction of sp³-hybridized carbons (Fsp3) is 0.400. The van der Waals surface area contributed by atoms with Gasteiger partial charge in [0.15, 0.2) is 12.1 Å². The first-order chi connectivity index (χ1) is 32.1. The van der Waals surface area contributed by atoms with Crippen molar-refractivity contribution < 1.29 is 84.0 Å². The van der Waals surface area contributed by atoms with E-state index in [1.165, 1.54) is 0 Å². The van der Waals surface area contributed by atoms with E-state index in [-0.39, 0.29) is 64.1 Å². The largest absolute Gasteiger partial charge is 1.00 e. The minimum atomic E-state index is -0.923. The van der Waals surface area contributed by atoms with Crippen molar-refractivity contribution in [3.8, 4) is 0 Å². The lowest BCUT2D eigenvalue weighted by Gasteiger charge is -2.20. The molecule has 0 aliphatic heterocycles. The van der Waals surface area contributed by atoms with Crippen LogP contribution in [0.15, 0.2) is 121 Å². The van der Waals surface area contributed by atoms with Crippen LogP contribution in [0.1, 0.15) is 86.5 Å². The summed E-state index contributed by atoms with van der Waals surface area (Å²) in [7, 11) is 0. The summed E-state index contributed by atoms with van der Waals surface area (Å²) in [4.78, 5) is 77.4. The molecule has 4 aromatic rings. The van der Waals surface area contributed by atoms with E-state index >= 15 is 0 Å². The molecular weight excluding hydrogens is 915 g/mol. The van der Waals surface area contributed by atoms with Gasteiger partial charge >= 0.3 is 24.1 Å². The van der Waals surface area contributed by atoms with Crippen LogP contribution in [0.5, 0.6) is 0 Å². The van der Waals surface area contributed by atoms with Crippen molar-refractivity contribution in [1.82, 2.24) is 21.3 Å². The Hall–Kier alpha value is -6.20. The van der Waals surface area contributed by atoms with Crippen molar-refractivity contribution >= 4 is 35.9 Å². The normalized spacial score (nSPS) is 12.2. The van der Waals surface area contributed by atoms with Crippen LogP contribution in [0, 0.1) is 0 Å². The summed E-state index contributed by atoms with van der Waals surface area (Å²) in [6.07, 6.45) is 3.46. The van der Waals surface area contributed by atoms with E-state index in [0.29, 0.717) is 64.5 Å². The molecule has 4 atom stereocenters. The van der Waals surface area contributed by atoms with Gasteiger partial charge in [0.1, 0.15) is 38.5 Å². The molecule has 0 saturated heterocycles. The average Bonchev–Trinajstić information content (AvgIpc) is 3.34. The minimum Gasteiger partial charge on any atom is -1.00 e. The molecule has 0 bridgehead atoms. The number of nitrogens with one attached hydrogen (secondary N) is 4. The van der Waals surface area contributed by atoms with E-state index in [9.17, 15) is 28.8 Å². The van der Waals surface area contributed by atoms with E-state index in [4.69, 9.17) is 18.9 Å². The van der Waals surface area contributed by atoms with Crippen LogP contribution in [-0.2, 0) is 64.6 Å². The molecule has 4 aromatic carbocycles. The van der Waals surface area contributed by atoms with Crippen LogP contribution in [0.25, 0.3) is 0 Å². The zero-order valence-corrected chi connectivity index (χ0v) is 39.9. The summed E-state index contributed by atoms with van der Waals surface area (Å²) in [5.41, 5.74) is 11.4. The number of halogens is 2. The zero-order valence-electron chi connectivity index (χ0n) is 38.4. The van der Waals surface area contributed by atoms with Gasteiger partial charge in [-0.05, 0) is 73.6 Å². The van der Waals surface area contributed by atoms with Gasteiger partial charge in [0.05, 0.1) is 0 Å². The second-order valence-electron chi connectivity index (χ2n) is 16.0. The molecule has 18 heteroatoms. The fourth-order valence-corrected chi connectivity index (χ4v) is 6.66. The molecule has 4 amide bonds. The second-order valence-corrected chi connectivity index (χ2v) is 16.0. The molecule has 0 aromatic heterocycles. The molecule has 0 unspecified atom stereocenters. The highest BCUT2D eigenvalue weighted by atomic mass is 35.5. The number of esters is 2. The second kappa shape index (κ2) is 34.1. The van der Waals surface area contributed by atoms with Gasteiger partial charge in [0, 0.05) is 25.9 Å². The van der Waals surface area contributed by atoms with Crippen molar-refractivity contribution in [2.24, 2.45) is 0 Å². The van der Waals surface area contributed by atoms with Crippen LogP contribution in [0.3, 0.4) is 0 Å². The molecule has 10 N–H and O–H groups in total. The molecule has 0 fully saturated rings. The minimum absolute atomic E-state index is 0. The molecule has 0 aliphatic rings. The number of quaternary nitrogens is 2. The standard InChI is InChI=1S/C50H64N6O10.2ClH/c51-41(45(57)55-43(47(59)63-33-37-19-5-1-6-20-37)29-15-17-31-53-49(61)65-35-39-23-9-3-10-24-39)27-13-14-28-42(52)46(58)56-44(48(60)64-34-38-21-7-2-8-22-38)30-16-18-32-54-50(62)66-36-40-25-11-4-12-26-40;;/h1-12,19-26,41-44H,13-18,27-36,51-52H2,(H,53,61)(H,54,62)(H,55,57)(H,56,58);2*1H/t41-,42-,43-,44-;;/m0../s1. The molecule has 0 radical (unpaired) electrons. The Morgan fingerprint density at radius 1 is 0.397 bits per heavy atom. The predicted octanol–water partition coefficient (Wildman–Crippen LogP) is -1.57. The number of carbonyl (C=O) groups excluding carboxylic acids is 6. The van der Waals surface area contributed by atoms with Gasteiger partial charge in [-0.2, -0.15) is 0 Å². The average molecular weight is 982 g/mol. The molecular formula is C50H66Cl2N6O10. The summed E-state index contributed by atoms with van der Waals surface area (Å²) in [5, 5.41) is 11.1. The highest BCUT2D eigenvalue weighted by molar-refractivity contribution is 5.87. The third-order valence-corrected chi connectivity index (χ3v) is 10.5. The van der Waals surface area contributed by atoms with Gasteiger partial charge in [-0.3, -0.25) is 9.59 Å². The zero-order chi connectivity index (χ0) is 47.2. The number of benzene rings is 4. The third kappa shape index (κ3) is 24.0. The summed E-state index contributed by atoms with van der Waals surface area (Å²) in [5.74, 6) is -1.95. The van der Waals surface area contributed by atoms with Crippen molar-refractivity contribution in [2.75, 3.05) is 13.1 Å². The maximum Gasteiger partial charge on any atom is 0.407 e. The maximum atomic E-state index is 13.3. The van der Waals surface area contributed by atoms with Crippen LogP contribution in [0.2, 0.25) is 0 Å². The number of carbonyl (C=O) groups is 6. The first-order valence-corrected chi connectivity index (χ1v) is 22.6. The van der Waals surface area contributed by atoms with Crippen LogP contribution < -0.4 is 57.5 Å². The lowest BCUT2D eigenvalue weighted by molar-refractivity contribution is -0.408. The Balaban J connectivity index is 0.00000793. The highest BCUT2D eigenvalue weighted by Crippen LogP contribution is 2.11. The Morgan fingerprint density at radius 2 is 0.676 bits per heavy atom. The lowest BCUT2D eigenvalue weighted by atomic mass is 10.0. The first-order valence-electron chi connectivity index (χ1n) is 22.6. The Kier molecular flexibility index (Phi) is 29.1. The SMILES string of the molecule is [Cl-].[Cl-].[NH3+][C@@H](CCCC[C@H]([NH3+])C(=O)N[C@@H](CCCCNC(=O)OCc1ccccc1)C(=O)OCc1ccccc1)C(=O)N[C@@H](CCCCNC(=O)OCc1ccccc1)C(=O)OCc1ccccc1. The number of rotatable bonds is 29. The lowest BCUT2D eigenvalue weighted by Crippen LogP contribution is -3.00. The molecule has 370 valence electrons. The number of alkyl carbamates (subject to hydrolysis) is 2. The molecule has 16 nitrogen and oxygen atoms in total. The topological polar surface area (TPSA) is 243 Å². The van der Waals surface area contributed by atoms with E-state index in [0.717, 1.165) is 22.3 Å². The van der Waals surface area contributed by atoms with E-state index in [1.54, 1.807) is 0 Å². The third-order valence-electron chi connectivity index (χ3n) is 10.5. The van der Waals surface area contributed by atoms with Gasteiger partial charge < -0.3 is 76.5 Å². The quantitative estimate of drug-likeness (QED) is 0.0208. The van der Waals surface area contributed by atoms with Gasteiger partial charge in [-0.1, -0.05) is 121 Å². The number of ether oxygens (including phenoxy) is 4. The van der Waals surface area contributed by atoms with Crippen molar-refractivity contribution in [3.63, 3.8) is 0 Å². The summed E-state index contributed by atoms with van der Waals surface area (Å²) in [6, 6.07) is 33.9. The maximum absolute atomic E-state index is 13.3. The number of amides is 4. The van der Waals surface area contributed by atoms with E-state index in [2.05, 4.69) is 32.7 Å². The number of hydrogen-bond donors (Lipinski definition) is 6. The predicted molar refractivity (Wildman–Crippen MR) is 245 cm³/mol. The summed E-state index contributed by atoms with van der Waals surface area (Å²) >= 11 is 0. The Morgan fingerprint density at radius 3 is 0.985 bits per heavy atom. The van der Waals surface area contributed by atoms with Crippen LogP contribution >= 0.6 is 0 Å². The number of unbranched alkanes of at least 4 members (excludes halogenated alkanes) is 3. The van der Waals surface area contributed by atoms with Gasteiger partial charge in [0.2, 0.25) is 0 Å². The summed E-state index contributed by atoms with van der Waals surface area (Å²) < 4.78 is 21.6. The van der Waals surface area contributed by atoms with Crippen molar-refractivity contribution in [1.29, 1.82) is 0 Å². The molecule has 68 heavy (non-hydrogen) atoms. The van der Waals surface area contributed by atoms with Crippen LogP contribution in [0.4, 0.5) is 9.59 Å². The first kappa shape index (κ1) is 57.9. The van der Waals surface area contributed by atoms with E-state index < -0.39 is 60.1 Å². The molecule has 0 saturated carbocycles.